The molecule has 0 saturated heterocycles. The van der Waals surface area contributed by atoms with Gasteiger partial charge < -0.3 is 10.1 Å². The minimum atomic E-state index is -0.305. The quantitative estimate of drug-likeness (QED) is 0.868. The van der Waals surface area contributed by atoms with Gasteiger partial charge in [0.1, 0.15) is 5.75 Å². The first-order chi connectivity index (χ1) is 7.86. The van der Waals surface area contributed by atoms with Gasteiger partial charge in [0.25, 0.3) is 5.91 Å². The Bertz CT molecular complexity index is 402. The summed E-state index contributed by atoms with van der Waals surface area (Å²) in [5.74, 6) is 0.586. The van der Waals surface area contributed by atoms with Crippen LogP contribution in [0.2, 0.25) is 0 Å². The molecule has 0 heterocycles. The second-order valence-electron chi connectivity index (χ2n) is 4.52. The molecule has 1 aromatic carbocycles. The molecule has 1 rings (SSSR count). The second-order valence-corrected chi connectivity index (χ2v) is 5.90. The number of hydrogen-bond donors (Lipinski definition) is 1. The summed E-state index contributed by atoms with van der Waals surface area (Å²) in [5.41, 5.74) is 0.297. The molecule has 0 aliphatic carbocycles. The third-order valence-corrected chi connectivity index (χ3v) is 3.91. The van der Waals surface area contributed by atoms with Crippen LogP contribution in [0.15, 0.2) is 24.3 Å². The van der Waals surface area contributed by atoms with Gasteiger partial charge in [-0.15, -0.1) is 0 Å². The van der Waals surface area contributed by atoms with E-state index >= 15 is 0 Å². The number of amides is 1. The smallest absolute Gasteiger partial charge is 0.251 e. The van der Waals surface area contributed by atoms with Crippen LogP contribution in [-0.2, 0) is 0 Å². The van der Waals surface area contributed by atoms with Crippen molar-refractivity contribution < 1.29 is 9.53 Å². The number of hydrogen-bond acceptors (Lipinski definition) is 2. The van der Waals surface area contributed by atoms with E-state index in [4.69, 9.17) is 4.74 Å². The monoisotopic (exact) mass is 299 g/mol. The van der Waals surface area contributed by atoms with E-state index in [-0.39, 0.29) is 16.3 Å². The summed E-state index contributed by atoms with van der Waals surface area (Å²) in [6, 6.07) is 7.12. The summed E-state index contributed by atoms with van der Waals surface area (Å²) >= 11 is 3.49. The average Bonchev–Trinajstić information content (AvgIpc) is 2.28. The molecular weight excluding hydrogens is 282 g/mol. The minimum absolute atomic E-state index is 0.0970. The van der Waals surface area contributed by atoms with Gasteiger partial charge in [0, 0.05) is 15.9 Å². The molecule has 17 heavy (non-hydrogen) atoms. The van der Waals surface area contributed by atoms with E-state index in [0.29, 0.717) is 11.3 Å². The molecule has 0 bridgehead atoms. The Kier molecular flexibility index (Phi) is 4.57. The van der Waals surface area contributed by atoms with Gasteiger partial charge in [0.05, 0.1) is 7.11 Å². The normalized spacial score (nSPS) is 13.0. The van der Waals surface area contributed by atoms with Crippen molar-refractivity contribution in [3.05, 3.63) is 29.8 Å². The molecule has 94 valence electrons. The van der Waals surface area contributed by atoms with Crippen LogP contribution in [-0.4, -0.2) is 23.4 Å². The Balaban J connectivity index is 2.83. The number of carbonyl (C=O) groups is 1. The van der Waals surface area contributed by atoms with Gasteiger partial charge in [0.15, 0.2) is 0 Å². The number of carbonyl (C=O) groups excluding carboxylic acids is 1. The van der Waals surface area contributed by atoms with Gasteiger partial charge in [-0.1, -0.05) is 28.9 Å². The Morgan fingerprint density at radius 2 is 2.12 bits per heavy atom. The van der Waals surface area contributed by atoms with Gasteiger partial charge in [-0.3, -0.25) is 4.79 Å². The zero-order valence-electron chi connectivity index (χ0n) is 10.6. The zero-order valence-corrected chi connectivity index (χ0v) is 12.2. The third-order valence-electron chi connectivity index (χ3n) is 2.76. The molecule has 0 aromatic heterocycles. The first-order valence-electron chi connectivity index (χ1n) is 5.47. The van der Waals surface area contributed by atoms with Gasteiger partial charge in [0.2, 0.25) is 0 Å². The largest absolute Gasteiger partial charge is 0.497 e. The number of nitrogens with one attached hydrogen (secondary N) is 1. The first kappa shape index (κ1) is 14.0. The van der Waals surface area contributed by atoms with Crippen molar-refractivity contribution in [3.63, 3.8) is 0 Å². The molecule has 1 amide bonds. The van der Waals surface area contributed by atoms with E-state index < -0.39 is 0 Å². The van der Waals surface area contributed by atoms with Gasteiger partial charge in [-0.2, -0.15) is 0 Å². The number of alkyl halides is 1. The van der Waals surface area contributed by atoms with Crippen molar-refractivity contribution in [1.29, 1.82) is 0 Å². The Morgan fingerprint density at radius 3 is 2.65 bits per heavy atom. The SMILES string of the molecule is COc1cccc(C(=O)NC(C)(C)C(C)Br)c1. The lowest BCUT2D eigenvalue weighted by molar-refractivity contribution is 0.0913. The van der Waals surface area contributed by atoms with Crippen LogP contribution >= 0.6 is 15.9 Å². The topological polar surface area (TPSA) is 38.3 Å². The molecule has 0 aliphatic heterocycles. The molecule has 0 spiro atoms. The fourth-order valence-corrected chi connectivity index (χ4v) is 1.34. The van der Waals surface area contributed by atoms with E-state index in [0.717, 1.165) is 0 Å². The summed E-state index contributed by atoms with van der Waals surface area (Å²) in [5, 5.41) is 2.98. The molecule has 0 radical (unpaired) electrons. The minimum Gasteiger partial charge on any atom is -0.497 e. The molecule has 0 saturated carbocycles. The van der Waals surface area contributed by atoms with E-state index in [1.54, 1.807) is 25.3 Å². The molecule has 1 aromatic rings. The van der Waals surface area contributed by atoms with E-state index in [9.17, 15) is 4.79 Å². The molecule has 4 heteroatoms. The summed E-state index contributed by atoms with van der Waals surface area (Å²) < 4.78 is 5.09. The highest BCUT2D eigenvalue weighted by molar-refractivity contribution is 9.09. The lowest BCUT2D eigenvalue weighted by Crippen LogP contribution is -2.48. The maximum Gasteiger partial charge on any atom is 0.251 e. The maximum absolute atomic E-state index is 12.0. The van der Waals surface area contributed by atoms with Crippen LogP contribution in [0.5, 0.6) is 5.75 Å². The van der Waals surface area contributed by atoms with Gasteiger partial charge >= 0.3 is 0 Å². The number of halogens is 1. The van der Waals surface area contributed by atoms with E-state index in [2.05, 4.69) is 21.2 Å². The maximum atomic E-state index is 12.0. The van der Waals surface area contributed by atoms with E-state index in [1.807, 2.05) is 26.8 Å². The standard InChI is InChI=1S/C13H18BrNO2/c1-9(14)13(2,3)15-12(16)10-6-5-7-11(8-10)17-4/h5-9H,1-4H3,(H,15,16). The van der Waals surface area contributed by atoms with Crippen LogP contribution in [0, 0.1) is 0 Å². The Morgan fingerprint density at radius 1 is 1.47 bits per heavy atom. The highest BCUT2D eigenvalue weighted by atomic mass is 79.9. The molecule has 3 nitrogen and oxygen atoms in total. The van der Waals surface area contributed by atoms with Crippen LogP contribution in [0.3, 0.4) is 0 Å². The summed E-state index contributed by atoms with van der Waals surface area (Å²) in [4.78, 5) is 12.2. The molecule has 1 unspecified atom stereocenters. The van der Waals surface area contributed by atoms with Crippen LogP contribution in [0.25, 0.3) is 0 Å². The second kappa shape index (κ2) is 5.54. The lowest BCUT2D eigenvalue weighted by atomic mass is 10.0. The molecule has 1 atom stereocenters. The highest BCUT2D eigenvalue weighted by Gasteiger charge is 2.26. The molecule has 0 fully saturated rings. The lowest BCUT2D eigenvalue weighted by Gasteiger charge is -2.29. The number of rotatable bonds is 4. The first-order valence-corrected chi connectivity index (χ1v) is 6.39. The Hall–Kier alpha value is -1.03. The predicted octanol–water partition coefficient (Wildman–Crippen LogP) is 2.99. The molecule has 1 N–H and O–H groups in total. The van der Waals surface area contributed by atoms with E-state index in [1.165, 1.54) is 0 Å². The van der Waals surface area contributed by atoms with Crippen LogP contribution < -0.4 is 10.1 Å². The molecular formula is C13H18BrNO2. The van der Waals surface area contributed by atoms with Crippen molar-refractivity contribution >= 4 is 21.8 Å². The van der Waals surface area contributed by atoms with Crippen molar-refractivity contribution in [2.24, 2.45) is 0 Å². The predicted molar refractivity (Wildman–Crippen MR) is 72.9 cm³/mol. The molecule has 0 aliphatic rings. The van der Waals surface area contributed by atoms with Crippen molar-refractivity contribution in [2.45, 2.75) is 31.1 Å². The van der Waals surface area contributed by atoms with Crippen molar-refractivity contribution in [1.82, 2.24) is 5.32 Å². The van der Waals surface area contributed by atoms with Crippen LogP contribution in [0.4, 0.5) is 0 Å². The Labute approximate surface area is 111 Å². The fraction of sp³-hybridized carbons (Fsp3) is 0.462. The summed E-state index contributed by atoms with van der Waals surface area (Å²) in [6.45, 7) is 5.96. The van der Waals surface area contributed by atoms with Gasteiger partial charge in [-0.25, -0.2) is 0 Å². The van der Waals surface area contributed by atoms with Crippen LogP contribution in [0.1, 0.15) is 31.1 Å². The summed E-state index contributed by atoms with van der Waals surface area (Å²) in [6.07, 6.45) is 0. The van der Waals surface area contributed by atoms with Crippen molar-refractivity contribution in [2.75, 3.05) is 7.11 Å². The number of methoxy groups -OCH3 is 1. The van der Waals surface area contributed by atoms with Gasteiger partial charge in [-0.05, 0) is 32.0 Å². The third kappa shape index (κ3) is 3.73. The number of benzene rings is 1. The zero-order chi connectivity index (χ0) is 13.1. The number of ether oxygens (including phenoxy) is 1. The summed E-state index contributed by atoms with van der Waals surface area (Å²) in [7, 11) is 1.58. The fourth-order valence-electron chi connectivity index (χ4n) is 1.23. The van der Waals surface area contributed by atoms with Crippen molar-refractivity contribution in [3.8, 4) is 5.75 Å². The average molecular weight is 300 g/mol. The highest BCUT2D eigenvalue weighted by Crippen LogP contribution is 2.18.